The number of hydrogen-bond acceptors (Lipinski definition) is 1. The van der Waals surface area contributed by atoms with Crippen LogP contribution in [0.5, 0.6) is 0 Å². The van der Waals surface area contributed by atoms with E-state index in [-0.39, 0.29) is 0 Å². The number of aryl methyl sites for hydroxylation is 2. The quantitative estimate of drug-likeness (QED) is 0.727. The average molecular weight is 223 g/mol. The highest BCUT2D eigenvalue weighted by molar-refractivity contribution is 6.16. The van der Waals surface area contributed by atoms with Gasteiger partial charge in [-0.2, -0.15) is 0 Å². The van der Waals surface area contributed by atoms with Crippen molar-refractivity contribution in [1.29, 1.82) is 0 Å². The number of nitrogens with zero attached hydrogens (tertiary/aromatic N) is 2. The summed E-state index contributed by atoms with van der Waals surface area (Å²) in [6.45, 7) is 5.23. The number of fused-ring (bicyclic) bond motifs is 1. The molecule has 0 saturated heterocycles. The second kappa shape index (κ2) is 4.23. The molecule has 0 aliphatic carbocycles. The van der Waals surface area contributed by atoms with Crippen LogP contribution in [0.2, 0.25) is 0 Å². The van der Waals surface area contributed by atoms with Crippen LogP contribution in [-0.4, -0.2) is 9.55 Å². The van der Waals surface area contributed by atoms with E-state index in [0.717, 1.165) is 24.3 Å². The van der Waals surface area contributed by atoms with E-state index in [1.165, 1.54) is 11.1 Å². The number of rotatable bonds is 3. The number of imidazole rings is 1. The summed E-state index contributed by atoms with van der Waals surface area (Å²) in [4.78, 5) is 4.54. The Kier molecular flexibility index (Phi) is 2.96. The van der Waals surface area contributed by atoms with E-state index in [4.69, 9.17) is 11.6 Å². The third-order valence-corrected chi connectivity index (χ3v) is 2.79. The van der Waals surface area contributed by atoms with E-state index < -0.39 is 0 Å². The highest BCUT2D eigenvalue weighted by Crippen LogP contribution is 2.19. The highest BCUT2D eigenvalue weighted by Gasteiger charge is 2.08. The van der Waals surface area contributed by atoms with Crippen molar-refractivity contribution in [3.8, 4) is 0 Å². The first-order chi connectivity index (χ1) is 7.26. The summed E-state index contributed by atoms with van der Waals surface area (Å²) in [5, 5.41) is 0. The second-order valence-corrected chi connectivity index (χ2v) is 4.07. The zero-order valence-electron chi connectivity index (χ0n) is 9.13. The van der Waals surface area contributed by atoms with Crippen LogP contribution >= 0.6 is 11.6 Å². The third-order valence-electron chi connectivity index (χ3n) is 2.55. The highest BCUT2D eigenvalue weighted by atomic mass is 35.5. The molecular formula is C12H15ClN2. The van der Waals surface area contributed by atoms with Crippen molar-refractivity contribution in [3.05, 3.63) is 29.6 Å². The van der Waals surface area contributed by atoms with Gasteiger partial charge in [0.25, 0.3) is 0 Å². The van der Waals surface area contributed by atoms with Gasteiger partial charge in [-0.15, -0.1) is 11.6 Å². The molecule has 0 amide bonds. The Balaban J connectivity index is 2.63. The Bertz CT molecular complexity index is 474. The lowest BCUT2D eigenvalue weighted by Gasteiger charge is -2.04. The smallest absolute Gasteiger partial charge is 0.124 e. The Morgan fingerprint density at radius 1 is 1.40 bits per heavy atom. The molecule has 0 radical (unpaired) electrons. The molecule has 0 atom stereocenters. The first-order valence-electron chi connectivity index (χ1n) is 5.28. The molecule has 2 aromatic rings. The molecule has 0 N–H and O–H groups in total. The fourth-order valence-electron chi connectivity index (χ4n) is 1.86. The van der Waals surface area contributed by atoms with Crippen molar-refractivity contribution in [3.63, 3.8) is 0 Å². The molecule has 1 heterocycles. The minimum absolute atomic E-state index is 0.480. The van der Waals surface area contributed by atoms with Crippen LogP contribution in [0.3, 0.4) is 0 Å². The molecule has 80 valence electrons. The summed E-state index contributed by atoms with van der Waals surface area (Å²) in [5.74, 6) is 1.45. The first-order valence-corrected chi connectivity index (χ1v) is 5.81. The van der Waals surface area contributed by atoms with Crippen LogP contribution in [0.15, 0.2) is 18.2 Å². The summed E-state index contributed by atoms with van der Waals surface area (Å²) in [6.07, 6.45) is 1.10. The molecule has 1 aromatic heterocycles. The van der Waals surface area contributed by atoms with Gasteiger partial charge in [0.05, 0.1) is 16.9 Å². The molecule has 0 saturated carbocycles. The van der Waals surface area contributed by atoms with Crippen LogP contribution in [-0.2, 0) is 12.4 Å². The summed E-state index contributed by atoms with van der Waals surface area (Å²) in [6, 6.07) is 6.36. The Morgan fingerprint density at radius 3 is 2.87 bits per heavy atom. The number of benzene rings is 1. The molecule has 2 nitrogen and oxygen atoms in total. The van der Waals surface area contributed by atoms with Crippen molar-refractivity contribution in [2.24, 2.45) is 0 Å². The minimum atomic E-state index is 0.480. The molecule has 0 fully saturated rings. The van der Waals surface area contributed by atoms with Crippen LogP contribution in [0.4, 0.5) is 0 Å². The topological polar surface area (TPSA) is 17.8 Å². The van der Waals surface area contributed by atoms with Gasteiger partial charge in [-0.3, -0.25) is 0 Å². The molecule has 1 aromatic carbocycles. The van der Waals surface area contributed by atoms with Crippen LogP contribution in [0.25, 0.3) is 11.0 Å². The van der Waals surface area contributed by atoms with Gasteiger partial charge >= 0.3 is 0 Å². The van der Waals surface area contributed by atoms with E-state index in [2.05, 4.69) is 41.6 Å². The summed E-state index contributed by atoms with van der Waals surface area (Å²) < 4.78 is 2.21. The van der Waals surface area contributed by atoms with Gasteiger partial charge in [0, 0.05) is 6.54 Å². The van der Waals surface area contributed by atoms with Gasteiger partial charge in [-0.25, -0.2) is 4.98 Å². The fourth-order valence-corrected chi connectivity index (χ4v) is 2.07. The van der Waals surface area contributed by atoms with Crippen LogP contribution in [0.1, 0.15) is 24.7 Å². The first kappa shape index (κ1) is 10.5. The number of aromatic nitrogens is 2. The maximum atomic E-state index is 5.90. The summed E-state index contributed by atoms with van der Waals surface area (Å²) >= 11 is 5.90. The van der Waals surface area contributed by atoms with Crippen molar-refractivity contribution in [1.82, 2.24) is 9.55 Å². The molecule has 0 spiro atoms. The lowest BCUT2D eigenvalue weighted by molar-refractivity contribution is 0.672. The molecule has 0 aliphatic heterocycles. The van der Waals surface area contributed by atoms with Gasteiger partial charge in [-0.1, -0.05) is 13.0 Å². The molecular weight excluding hydrogens is 208 g/mol. The molecule has 0 unspecified atom stereocenters. The van der Waals surface area contributed by atoms with Crippen molar-refractivity contribution in [2.45, 2.75) is 32.7 Å². The molecule has 15 heavy (non-hydrogen) atoms. The monoisotopic (exact) mass is 222 g/mol. The van der Waals surface area contributed by atoms with Gasteiger partial charge in [-0.05, 0) is 31.0 Å². The van der Waals surface area contributed by atoms with Crippen LogP contribution < -0.4 is 0 Å². The molecule has 0 aliphatic rings. The Morgan fingerprint density at radius 2 is 2.20 bits per heavy atom. The fraction of sp³-hybridized carbons (Fsp3) is 0.417. The van der Waals surface area contributed by atoms with E-state index in [1.54, 1.807) is 0 Å². The Hall–Kier alpha value is -1.02. The van der Waals surface area contributed by atoms with Crippen LogP contribution in [0, 0.1) is 6.92 Å². The Labute approximate surface area is 94.9 Å². The molecule has 3 heteroatoms. The van der Waals surface area contributed by atoms with Crippen molar-refractivity contribution in [2.75, 3.05) is 0 Å². The standard InChI is InChI=1S/C12H15ClN2/c1-3-6-15-11-5-4-9(2)7-10(11)14-12(15)8-13/h4-5,7H,3,6,8H2,1-2H3. The lowest BCUT2D eigenvalue weighted by Crippen LogP contribution is -2.01. The number of hydrogen-bond donors (Lipinski definition) is 0. The van der Waals surface area contributed by atoms with Crippen molar-refractivity contribution >= 4 is 22.6 Å². The second-order valence-electron chi connectivity index (χ2n) is 3.81. The normalized spacial score (nSPS) is 11.1. The van der Waals surface area contributed by atoms with Gasteiger partial charge in [0.2, 0.25) is 0 Å². The molecule has 2 rings (SSSR count). The van der Waals surface area contributed by atoms with Gasteiger partial charge in [0.1, 0.15) is 5.82 Å². The van der Waals surface area contributed by atoms with E-state index in [9.17, 15) is 0 Å². The van der Waals surface area contributed by atoms with Gasteiger partial charge in [0.15, 0.2) is 0 Å². The molecule has 0 bridgehead atoms. The largest absolute Gasteiger partial charge is 0.327 e. The predicted octanol–water partition coefficient (Wildman–Crippen LogP) is 3.49. The van der Waals surface area contributed by atoms with Crippen molar-refractivity contribution < 1.29 is 0 Å². The SMILES string of the molecule is CCCn1c(CCl)nc2cc(C)ccc21. The third kappa shape index (κ3) is 1.86. The summed E-state index contributed by atoms with van der Waals surface area (Å²) in [7, 11) is 0. The minimum Gasteiger partial charge on any atom is -0.327 e. The number of halogens is 1. The lowest BCUT2D eigenvalue weighted by atomic mass is 10.2. The van der Waals surface area contributed by atoms with Gasteiger partial charge < -0.3 is 4.57 Å². The zero-order chi connectivity index (χ0) is 10.8. The zero-order valence-corrected chi connectivity index (χ0v) is 9.88. The average Bonchev–Trinajstić information content (AvgIpc) is 2.56. The predicted molar refractivity (Wildman–Crippen MR) is 64.3 cm³/mol. The maximum Gasteiger partial charge on any atom is 0.124 e. The maximum absolute atomic E-state index is 5.90. The van der Waals surface area contributed by atoms with E-state index >= 15 is 0 Å². The summed E-state index contributed by atoms with van der Waals surface area (Å²) in [5.41, 5.74) is 3.49. The van der Waals surface area contributed by atoms with E-state index in [0.29, 0.717) is 5.88 Å². The number of alkyl halides is 1. The van der Waals surface area contributed by atoms with E-state index in [1.807, 2.05) is 0 Å².